The normalized spacial score (nSPS) is 9.79. The summed E-state index contributed by atoms with van der Waals surface area (Å²) >= 11 is 0. The predicted octanol–water partition coefficient (Wildman–Crippen LogP) is 1.08. The first-order chi connectivity index (χ1) is 6.65. The van der Waals surface area contributed by atoms with Crippen molar-refractivity contribution in [2.24, 2.45) is 0 Å². The fourth-order valence-corrected chi connectivity index (χ4v) is 0.901. The quantitative estimate of drug-likeness (QED) is 0.428. The average molecular weight is 197 g/mol. The van der Waals surface area contributed by atoms with Crippen molar-refractivity contribution >= 4 is 11.4 Å². The number of hydrogen-bond acceptors (Lipinski definition) is 5. The Morgan fingerprint density at radius 1 is 1.64 bits per heavy atom. The van der Waals surface area contributed by atoms with Crippen LogP contribution in [0.25, 0.3) is 0 Å². The lowest BCUT2D eigenvalue weighted by Gasteiger charge is -2.04. The van der Waals surface area contributed by atoms with Crippen LogP contribution in [-0.2, 0) is 0 Å². The number of nitrogens with zero attached hydrogens (tertiary/aromatic N) is 1. The summed E-state index contributed by atoms with van der Waals surface area (Å²) in [6, 6.07) is 4.27. The van der Waals surface area contributed by atoms with Crippen molar-refractivity contribution in [2.75, 3.05) is 12.3 Å². The topological polar surface area (TPSA) is 90.4 Å². The molecule has 0 heterocycles. The van der Waals surface area contributed by atoms with Gasteiger partial charge in [-0.15, -0.1) is 0 Å². The highest BCUT2D eigenvalue weighted by molar-refractivity contribution is 5.60. The Bertz CT molecular complexity index is 341. The third-order valence-corrected chi connectivity index (χ3v) is 1.53. The molecule has 0 unspecified atom stereocenters. The second-order valence-corrected chi connectivity index (χ2v) is 2.58. The monoisotopic (exact) mass is 197 g/mol. The van der Waals surface area contributed by atoms with Crippen molar-refractivity contribution < 1.29 is 9.76 Å². The van der Waals surface area contributed by atoms with Gasteiger partial charge in [-0.2, -0.15) is 5.48 Å². The Balaban J connectivity index is 2.89. The summed E-state index contributed by atoms with van der Waals surface area (Å²) in [4.78, 5) is 14.9. The van der Waals surface area contributed by atoms with Gasteiger partial charge in [0, 0.05) is 6.54 Å². The molecule has 0 saturated heterocycles. The maximum Gasteiger partial charge on any atom is 0.295 e. The molecule has 0 aliphatic heterocycles. The lowest BCUT2D eigenvalue weighted by Crippen LogP contribution is -2.17. The molecule has 6 nitrogen and oxygen atoms in total. The van der Waals surface area contributed by atoms with Crippen molar-refractivity contribution in [3.05, 3.63) is 28.3 Å². The summed E-state index contributed by atoms with van der Waals surface area (Å²) < 4.78 is 0. The molecule has 0 aliphatic carbocycles. The van der Waals surface area contributed by atoms with Crippen LogP contribution in [-0.4, -0.2) is 11.5 Å². The number of benzene rings is 1. The molecule has 0 bridgehead atoms. The summed E-state index contributed by atoms with van der Waals surface area (Å²) in [5.41, 5.74) is 7.96. The van der Waals surface area contributed by atoms with E-state index in [1.165, 1.54) is 12.1 Å². The van der Waals surface area contributed by atoms with Crippen LogP contribution in [0.4, 0.5) is 11.4 Å². The first-order valence-electron chi connectivity index (χ1n) is 4.08. The smallest absolute Gasteiger partial charge is 0.295 e. The molecule has 76 valence electrons. The fraction of sp³-hybridized carbons (Fsp3) is 0.250. The van der Waals surface area contributed by atoms with Crippen molar-refractivity contribution in [1.82, 2.24) is 5.48 Å². The summed E-state index contributed by atoms with van der Waals surface area (Å²) in [7, 11) is 0. The number of nitrogens with two attached hydrogens (primary N) is 1. The van der Waals surface area contributed by atoms with Crippen LogP contribution in [0.15, 0.2) is 18.2 Å². The van der Waals surface area contributed by atoms with E-state index in [1.807, 2.05) is 6.92 Å². The van der Waals surface area contributed by atoms with Gasteiger partial charge >= 0.3 is 0 Å². The molecule has 0 atom stereocenters. The molecule has 0 amide bonds. The van der Waals surface area contributed by atoms with Crippen LogP contribution in [0.3, 0.4) is 0 Å². The number of rotatable bonds is 4. The van der Waals surface area contributed by atoms with E-state index in [0.29, 0.717) is 12.3 Å². The predicted molar refractivity (Wildman–Crippen MR) is 51.8 cm³/mol. The molecule has 0 fully saturated rings. The minimum Gasteiger partial charge on any atom is -0.409 e. The van der Waals surface area contributed by atoms with Gasteiger partial charge in [0.05, 0.1) is 11.0 Å². The van der Waals surface area contributed by atoms with E-state index in [-0.39, 0.29) is 11.4 Å². The Kier molecular flexibility index (Phi) is 3.24. The van der Waals surface area contributed by atoms with Gasteiger partial charge in [0.2, 0.25) is 0 Å². The van der Waals surface area contributed by atoms with Crippen LogP contribution < -0.4 is 16.1 Å². The Labute approximate surface area is 80.8 Å². The van der Waals surface area contributed by atoms with Crippen molar-refractivity contribution in [3.63, 3.8) is 0 Å². The number of nitro benzene ring substituents is 1. The maximum atomic E-state index is 10.5. The third-order valence-electron chi connectivity index (χ3n) is 1.53. The fourth-order valence-electron chi connectivity index (χ4n) is 0.901. The minimum absolute atomic E-state index is 0.124. The van der Waals surface area contributed by atoms with Gasteiger partial charge in [-0.1, -0.05) is 0 Å². The van der Waals surface area contributed by atoms with Gasteiger partial charge in [0.25, 0.3) is 5.69 Å². The first-order valence-corrected chi connectivity index (χ1v) is 4.08. The number of nitro groups is 1. The second kappa shape index (κ2) is 4.43. The molecule has 0 saturated carbocycles. The van der Waals surface area contributed by atoms with Crippen LogP contribution in [0.2, 0.25) is 0 Å². The SMILES string of the molecule is CCNOc1ccc(N)c([N+](=O)[O-])c1. The van der Waals surface area contributed by atoms with Crippen molar-refractivity contribution in [2.45, 2.75) is 6.92 Å². The van der Waals surface area contributed by atoms with Crippen molar-refractivity contribution in [1.29, 1.82) is 0 Å². The maximum absolute atomic E-state index is 10.5. The van der Waals surface area contributed by atoms with E-state index in [2.05, 4.69) is 5.48 Å². The Morgan fingerprint density at radius 2 is 2.36 bits per heavy atom. The lowest BCUT2D eigenvalue weighted by molar-refractivity contribution is -0.384. The van der Waals surface area contributed by atoms with Gasteiger partial charge in [0.1, 0.15) is 5.69 Å². The van der Waals surface area contributed by atoms with E-state index < -0.39 is 4.92 Å². The first kappa shape index (κ1) is 10.3. The highest BCUT2D eigenvalue weighted by Crippen LogP contribution is 2.25. The highest BCUT2D eigenvalue weighted by atomic mass is 16.6. The number of nitrogen functional groups attached to an aromatic ring is 1. The summed E-state index contributed by atoms with van der Waals surface area (Å²) in [6.07, 6.45) is 0. The van der Waals surface area contributed by atoms with E-state index in [0.717, 1.165) is 0 Å². The molecule has 1 aromatic rings. The molecular weight excluding hydrogens is 186 g/mol. The van der Waals surface area contributed by atoms with E-state index in [4.69, 9.17) is 10.6 Å². The number of anilines is 1. The molecule has 1 aromatic carbocycles. The largest absolute Gasteiger partial charge is 0.409 e. The zero-order valence-electron chi connectivity index (χ0n) is 7.69. The Hall–Kier alpha value is -1.82. The van der Waals surface area contributed by atoms with Crippen LogP contribution in [0.5, 0.6) is 5.75 Å². The lowest BCUT2D eigenvalue weighted by atomic mass is 10.2. The molecule has 3 N–H and O–H groups in total. The molecule has 0 spiro atoms. The Morgan fingerprint density at radius 3 is 2.93 bits per heavy atom. The zero-order valence-corrected chi connectivity index (χ0v) is 7.69. The minimum atomic E-state index is -0.547. The third kappa shape index (κ3) is 2.33. The number of nitrogens with one attached hydrogen (secondary N) is 1. The van der Waals surface area contributed by atoms with Crippen LogP contribution >= 0.6 is 0 Å². The van der Waals surface area contributed by atoms with Gasteiger partial charge in [-0.25, -0.2) is 0 Å². The molecule has 1 rings (SSSR count). The molecule has 0 aromatic heterocycles. The zero-order chi connectivity index (χ0) is 10.6. The van der Waals surface area contributed by atoms with E-state index in [1.54, 1.807) is 6.07 Å². The van der Waals surface area contributed by atoms with Gasteiger partial charge in [0.15, 0.2) is 5.75 Å². The van der Waals surface area contributed by atoms with Gasteiger partial charge in [-0.05, 0) is 19.1 Å². The number of hydrogen-bond donors (Lipinski definition) is 2. The van der Waals surface area contributed by atoms with Crippen LogP contribution in [0, 0.1) is 10.1 Å². The highest BCUT2D eigenvalue weighted by Gasteiger charge is 2.12. The summed E-state index contributed by atoms with van der Waals surface area (Å²) in [5, 5.41) is 10.5. The van der Waals surface area contributed by atoms with Gasteiger partial charge < -0.3 is 10.6 Å². The van der Waals surface area contributed by atoms with Gasteiger partial charge in [-0.3, -0.25) is 10.1 Å². The second-order valence-electron chi connectivity index (χ2n) is 2.58. The summed E-state index contributed by atoms with van der Waals surface area (Å²) in [5.74, 6) is 0.368. The molecule has 6 heteroatoms. The molecule has 0 aliphatic rings. The summed E-state index contributed by atoms with van der Waals surface area (Å²) in [6.45, 7) is 2.46. The molecular formula is C8H11N3O3. The molecule has 14 heavy (non-hydrogen) atoms. The van der Waals surface area contributed by atoms with E-state index >= 15 is 0 Å². The van der Waals surface area contributed by atoms with Crippen molar-refractivity contribution in [3.8, 4) is 5.75 Å². The van der Waals surface area contributed by atoms with Crippen LogP contribution in [0.1, 0.15) is 6.92 Å². The molecule has 0 radical (unpaired) electrons. The van der Waals surface area contributed by atoms with E-state index in [9.17, 15) is 10.1 Å². The number of hydroxylamine groups is 1. The standard InChI is InChI=1S/C8H11N3O3/c1-2-10-14-6-3-4-7(9)8(5-6)11(12)13/h3-5,10H,2,9H2,1H3. The average Bonchev–Trinajstić information content (AvgIpc) is 2.16.